The predicted octanol–water partition coefficient (Wildman–Crippen LogP) is 2.36. The van der Waals surface area contributed by atoms with E-state index in [-0.39, 0.29) is 12.4 Å². The lowest BCUT2D eigenvalue weighted by Crippen LogP contribution is -2.19. The summed E-state index contributed by atoms with van der Waals surface area (Å²) in [7, 11) is 4.08. The van der Waals surface area contributed by atoms with Crippen LogP contribution >= 0.6 is 12.4 Å². The summed E-state index contributed by atoms with van der Waals surface area (Å²) in [6.07, 6.45) is 0. The van der Waals surface area contributed by atoms with Crippen LogP contribution in [-0.4, -0.2) is 32.1 Å². The number of likely N-dealkylation sites (N-methyl/N-ethyl adjacent to an activating group) is 1. The third kappa shape index (κ3) is 5.10. The van der Waals surface area contributed by atoms with Crippen molar-refractivity contribution in [2.45, 2.75) is 6.92 Å². The van der Waals surface area contributed by atoms with E-state index in [2.05, 4.69) is 24.0 Å². The summed E-state index contributed by atoms with van der Waals surface area (Å²) >= 11 is 0. The molecule has 3 heteroatoms. The number of benzene rings is 1. The van der Waals surface area contributed by atoms with Gasteiger partial charge in [0.15, 0.2) is 0 Å². The SMILES string of the molecule is Cc1ccc(OCCN(C)C)cc1.Cl. The summed E-state index contributed by atoms with van der Waals surface area (Å²) in [6.45, 7) is 3.77. The zero-order valence-electron chi connectivity index (χ0n) is 8.99. The van der Waals surface area contributed by atoms with Crippen molar-refractivity contribution in [2.24, 2.45) is 0 Å². The smallest absolute Gasteiger partial charge is 0.119 e. The average Bonchev–Trinajstić information content (AvgIpc) is 2.08. The second-order valence-corrected chi connectivity index (χ2v) is 3.46. The van der Waals surface area contributed by atoms with Gasteiger partial charge in [-0.1, -0.05) is 17.7 Å². The number of nitrogens with zero attached hydrogens (tertiary/aromatic N) is 1. The van der Waals surface area contributed by atoms with Gasteiger partial charge in [0.1, 0.15) is 12.4 Å². The van der Waals surface area contributed by atoms with Gasteiger partial charge in [-0.05, 0) is 33.2 Å². The van der Waals surface area contributed by atoms with Crippen LogP contribution in [0.15, 0.2) is 24.3 Å². The molecule has 80 valence electrons. The fourth-order valence-corrected chi connectivity index (χ4v) is 0.981. The van der Waals surface area contributed by atoms with Gasteiger partial charge in [-0.3, -0.25) is 0 Å². The molecule has 1 aromatic carbocycles. The highest BCUT2D eigenvalue weighted by Crippen LogP contribution is 2.10. The number of rotatable bonds is 4. The molecule has 0 unspecified atom stereocenters. The normalized spacial score (nSPS) is 9.71. The largest absolute Gasteiger partial charge is 0.492 e. The monoisotopic (exact) mass is 215 g/mol. The van der Waals surface area contributed by atoms with Crippen LogP contribution in [0.2, 0.25) is 0 Å². The van der Waals surface area contributed by atoms with Gasteiger partial charge >= 0.3 is 0 Å². The summed E-state index contributed by atoms with van der Waals surface area (Å²) in [5, 5.41) is 0. The Bertz CT molecular complexity index is 246. The second kappa shape index (κ2) is 6.68. The van der Waals surface area contributed by atoms with E-state index in [1.165, 1.54) is 5.56 Å². The van der Waals surface area contributed by atoms with Gasteiger partial charge in [0.05, 0.1) is 0 Å². The van der Waals surface area contributed by atoms with Gasteiger partial charge < -0.3 is 9.64 Å². The van der Waals surface area contributed by atoms with Gasteiger partial charge in [0, 0.05) is 6.54 Å². The Kier molecular flexibility index (Phi) is 6.34. The van der Waals surface area contributed by atoms with Crippen LogP contribution in [0.5, 0.6) is 5.75 Å². The van der Waals surface area contributed by atoms with Gasteiger partial charge in [-0.25, -0.2) is 0 Å². The third-order valence-electron chi connectivity index (χ3n) is 1.83. The molecule has 14 heavy (non-hydrogen) atoms. The highest BCUT2D eigenvalue weighted by Gasteiger charge is 1.93. The maximum atomic E-state index is 5.53. The molecular weight excluding hydrogens is 198 g/mol. The topological polar surface area (TPSA) is 12.5 Å². The lowest BCUT2D eigenvalue weighted by molar-refractivity contribution is 0.261. The Labute approximate surface area is 92.3 Å². The molecule has 0 N–H and O–H groups in total. The molecule has 0 amide bonds. The summed E-state index contributed by atoms with van der Waals surface area (Å²) in [5.74, 6) is 0.951. The minimum absolute atomic E-state index is 0. The molecule has 0 radical (unpaired) electrons. The molecule has 0 fully saturated rings. The van der Waals surface area contributed by atoms with Crippen LogP contribution in [0.3, 0.4) is 0 Å². The summed E-state index contributed by atoms with van der Waals surface area (Å²) in [4.78, 5) is 2.11. The van der Waals surface area contributed by atoms with Crippen molar-refractivity contribution in [3.05, 3.63) is 29.8 Å². The van der Waals surface area contributed by atoms with Gasteiger partial charge in [0.2, 0.25) is 0 Å². The molecule has 0 spiro atoms. The van der Waals surface area contributed by atoms with E-state index in [0.29, 0.717) is 0 Å². The lowest BCUT2D eigenvalue weighted by Gasteiger charge is -2.10. The molecule has 0 saturated heterocycles. The number of aryl methyl sites for hydroxylation is 1. The van der Waals surface area contributed by atoms with E-state index < -0.39 is 0 Å². The van der Waals surface area contributed by atoms with Crippen molar-refractivity contribution in [2.75, 3.05) is 27.2 Å². The Morgan fingerprint density at radius 3 is 2.21 bits per heavy atom. The standard InChI is InChI=1S/C11H17NO.ClH/c1-10-4-6-11(7-5-10)13-9-8-12(2)3;/h4-7H,8-9H2,1-3H3;1H. The molecule has 1 aromatic rings. The zero-order chi connectivity index (χ0) is 9.68. The number of hydrogen-bond acceptors (Lipinski definition) is 2. The highest BCUT2D eigenvalue weighted by molar-refractivity contribution is 5.85. The summed E-state index contributed by atoms with van der Waals surface area (Å²) in [5.41, 5.74) is 1.26. The second-order valence-electron chi connectivity index (χ2n) is 3.46. The molecule has 0 aromatic heterocycles. The summed E-state index contributed by atoms with van der Waals surface area (Å²) < 4.78 is 5.53. The molecule has 0 atom stereocenters. The quantitative estimate of drug-likeness (QED) is 0.765. The van der Waals surface area contributed by atoms with Crippen LogP contribution in [0.1, 0.15) is 5.56 Å². The number of halogens is 1. The molecule has 2 nitrogen and oxygen atoms in total. The van der Waals surface area contributed by atoms with Crippen LogP contribution in [0, 0.1) is 6.92 Å². The maximum Gasteiger partial charge on any atom is 0.119 e. The van der Waals surface area contributed by atoms with Crippen molar-refractivity contribution in [3.8, 4) is 5.75 Å². The molecular formula is C11H18ClNO. The fraction of sp³-hybridized carbons (Fsp3) is 0.455. The Morgan fingerprint density at radius 1 is 1.14 bits per heavy atom. The van der Waals surface area contributed by atoms with Crippen molar-refractivity contribution in [3.63, 3.8) is 0 Å². The molecule has 0 saturated carbocycles. The van der Waals surface area contributed by atoms with E-state index >= 15 is 0 Å². The lowest BCUT2D eigenvalue weighted by atomic mass is 10.2. The average molecular weight is 216 g/mol. The van der Waals surface area contributed by atoms with Crippen molar-refractivity contribution < 1.29 is 4.74 Å². The van der Waals surface area contributed by atoms with E-state index in [1.807, 2.05) is 26.2 Å². The molecule has 1 rings (SSSR count). The van der Waals surface area contributed by atoms with Crippen LogP contribution in [-0.2, 0) is 0 Å². The fourth-order valence-electron chi connectivity index (χ4n) is 0.981. The van der Waals surface area contributed by atoms with Gasteiger partial charge in [-0.2, -0.15) is 0 Å². The van der Waals surface area contributed by atoms with Crippen LogP contribution in [0.25, 0.3) is 0 Å². The number of hydrogen-bond donors (Lipinski definition) is 0. The van der Waals surface area contributed by atoms with E-state index in [4.69, 9.17) is 4.74 Å². The van der Waals surface area contributed by atoms with E-state index in [9.17, 15) is 0 Å². The van der Waals surface area contributed by atoms with Crippen LogP contribution in [0.4, 0.5) is 0 Å². The van der Waals surface area contributed by atoms with Crippen LogP contribution < -0.4 is 4.74 Å². The van der Waals surface area contributed by atoms with Gasteiger partial charge in [0.25, 0.3) is 0 Å². The molecule has 0 heterocycles. The van der Waals surface area contributed by atoms with Crippen molar-refractivity contribution >= 4 is 12.4 Å². The Morgan fingerprint density at radius 2 is 1.71 bits per heavy atom. The van der Waals surface area contributed by atoms with E-state index in [1.54, 1.807) is 0 Å². The summed E-state index contributed by atoms with van der Waals surface area (Å²) in [6, 6.07) is 8.13. The Balaban J connectivity index is 0.00000169. The number of ether oxygens (including phenoxy) is 1. The highest BCUT2D eigenvalue weighted by atomic mass is 35.5. The zero-order valence-corrected chi connectivity index (χ0v) is 9.80. The van der Waals surface area contributed by atoms with E-state index in [0.717, 1.165) is 18.9 Å². The Hall–Kier alpha value is -0.730. The molecule has 0 aliphatic heterocycles. The van der Waals surface area contributed by atoms with Crippen molar-refractivity contribution in [1.29, 1.82) is 0 Å². The maximum absolute atomic E-state index is 5.53. The molecule has 0 aliphatic carbocycles. The minimum atomic E-state index is 0. The third-order valence-corrected chi connectivity index (χ3v) is 1.83. The first kappa shape index (κ1) is 13.3. The molecule has 0 bridgehead atoms. The molecule has 0 aliphatic rings. The first-order valence-electron chi connectivity index (χ1n) is 4.52. The van der Waals surface area contributed by atoms with Crippen molar-refractivity contribution in [1.82, 2.24) is 4.90 Å². The first-order chi connectivity index (χ1) is 6.18. The van der Waals surface area contributed by atoms with Gasteiger partial charge in [-0.15, -0.1) is 12.4 Å². The minimum Gasteiger partial charge on any atom is -0.492 e. The predicted molar refractivity (Wildman–Crippen MR) is 62.5 cm³/mol. The first-order valence-corrected chi connectivity index (χ1v) is 4.52.